The minimum Gasteiger partial charge on any atom is -0.457 e. The maximum absolute atomic E-state index is 13.8. The topological polar surface area (TPSA) is 39.4 Å². The maximum atomic E-state index is 13.8. The zero-order chi connectivity index (χ0) is 15.2. The number of furan rings is 1. The van der Waals surface area contributed by atoms with Crippen LogP contribution in [0.4, 0.5) is 4.39 Å². The Morgan fingerprint density at radius 2 is 2.24 bits per heavy atom. The highest BCUT2D eigenvalue weighted by Gasteiger charge is 2.09. The summed E-state index contributed by atoms with van der Waals surface area (Å²) < 4.78 is 24.6. The monoisotopic (exact) mass is 348 g/mol. The molecule has 0 spiro atoms. The molecule has 0 fully saturated rings. The van der Waals surface area contributed by atoms with Crippen molar-refractivity contribution in [1.82, 2.24) is 0 Å². The van der Waals surface area contributed by atoms with Gasteiger partial charge < -0.3 is 9.15 Å². The van der Waals surface area contributed by atoms with E-state index in [9.17, 15) is 9.18 Å². The number of benzene rings is 1. The lowest BCUT2D eigenvalue weighted by molar-refractivity contribution is -0.136. The van der Waals surface area contributed by atoms with Crippen molar-refractivity contribution in [2.45, 2.75) is 0 Å². The van der Waals surface area contributed by atoms with Gasteiger partial charge in [0.2, 0.25) is 0 Å². The second-order valence-corrected chi connectivity index (χ2v) is 4.89. The minimum atomic E-state index is -0.569. The zero-order valence-corrected chi connectivity index (χ0v) is 12.4. The second-order valence-electron chi connectivity index (χ2n) is 3.97. The Balaban J connectivity index is 2.13. The van der Waals surface area contributed by atoms with Crippen LogP contribution in [0.2, 0.25) is 0 Å². The zero-order valence-electron chi connectivity index (χ0n) is 10.8. The molecule has 1 aromatic heterocycles. The van der Waals surface area contributed by atoms with Gasteiger partial charge in [0.15, 0.2) is 6.61 Å². The van der Waals surface area contributed by atoms with Gasteiger partial charge in [0.05, 0.1) is 5.56 Å². The molecule has 0 aliphatic heterocycles. The summed E-state index contributed by atoms with van der Waals surface area (Å²) in [5.41, 5.74) is 0.341. The molecule has 1 heterocycles. The van der Waals surface area contributed by atoms with Gasteiger partial charge in [-0.05, 0) is 36.4 Å². The number of carbonyl (C=O) groups is 1. The number of hydrogen-bond acceptors (Lipinski definition) is 3. The van der Waals surface area contributed by atoms with Gasteiger partial charge in [0.1, 0.15) is 17.3 Å². The number of halogens is 2. The molecule has 106 valence electrons. The smallest absolute Gasteiger partial charge is 0.331 e. The molecule has 0 atom stereocenters. The molecule has 2 rings (SSSR count). The summed E-state index contributed by atoms with van der Waals surface area (Å²) >= 11 is 3.19. The number of terminal acetylenes is 1. The fourth-order valence-electron chi connectivity index (χ4n) is 1.59. The van der Waals surface area contributed by atoms with E-state index in [0.29, 0.717) is 21.6 Å². The fourth-order valence-corrected chi connectivity index (χ4v) is 1.92. The molecule has 0 N–H and O–H groups in total. The molecule has 0 unspecified atom stereocenters. The minimum absolute atomic E-state index is 0.0866. The highest BCUT2D eigenvalue weighted by molar-refractivity contribution is 9.10. The third-order valence-electron chi connectivity index (χ3n) is 2.50. The van der Waals surface area contributed by atoms with Crippen molar-refractivity contribution in [2.24, 2.45) is 0 Å². The van der Waals surface area contributed by atoms with Crippen LogP contribution in [0.1, 0.15) is 5.76 Å². The SMILES string of the molecule is C#CCOC(=O)/C=C/c1ccc(-c2ccc(Br)cc2F)o1. The Kier molecular flexibility index (Phi) is 4.96. The lowest BCUT2D eigenvalue weighted by Gasteiger charge is -1.99. The van der Waals surface area contributed by atoms with Crippen molar-refractivity contribution < 1.29 is 18.3 Å². The molecule has 0 radical (unpaired) electrons. The first-order chi connectivity index (χ1) is 10.1. The number of esters is 1. The first kappa shape index (κ1) is 15.1. The number of carbonyl (C=O) groups excluding carboxylic acids is 1. The second kappa shape index (κ2) is 6.91. The van der Waals surface area contributed by atoms with Gasteiger partial charge in [-0.2, -0.15) is 0 Å². The van der Waals surface area contributed by atoms with Crippen LogP contribution in [0.15, 0.2) is 45.3 Å². The predicted octanol–water partition coefficient (Wildman–Crippen LogP) is 4.04. The van der Waals surface area contributed by atoms with Crippen LogP contribution in [0.5, 0.6) is 0 Å². The van der Waals surface area contributed by atoms with Crippen LogP contribution < -0.4 is 0 Å². The largest absolute Gasteiger partial charge is 0.457 e. The van der Waals surface area contributed by atoms with E-state index in [2.05, 4.69) is 26.6 Å². The van der Waals surface area contributed by atoms with E-state index >= 15 is 0 Å². The van der Waals surface area contributed by atoms with Gasteiger partial charge in [-0.3, -0.25) is 0 Å². The van der Waals surface area contributed by atoms with Crippen LogP contribution in [0.25, 0.3) is 17.4 Å². The first-order valence-electron chi connectivity index (χ1n) is 5.93. The lowest BCUT2D eigenvalue weighted by Crippen LogP contribution is -1.99. The maximum Gasteiger partial charge on any atom is 0.331 e. The number of hydrogen-bond donors (Lipinski definition) is 0. The van der Waals surface area contributed by atoms with Crippen molar-refractivity contribution in [3.8, 4) is 23.7 Å². The van der Waals surface area contributed by atoms with Crippen molar-refractivity contribution in [3.63, 3.8) is 0 Å². The molecule has 3 nitrogen and oxygen atoms in total. The average Bonchev–Trinajstić information content (AvgIpc) is 2.91. The molecule has 0 amide bonds. The third kappa shape index (κ3) is 4.07. The summed E-state index contributed by atoms with van der Waals surface area (Å²) in [5, 5.41) is 0. The summed E-state index contributed by atoms with van der Waals surface area (Å²) in [7, 11) is 0. The standard InChI is InChI=1S/C16H10BrFO3/c1-2-9-20-16(19)8-5-12-4-7-15(21-12)13-6-3-11(17)10-14(13)18/h1,3-8,10H,9H2/b8-5+. The van der Waals surface area contributed by atoms with Crippen LogP contribution in [-0.2, 0) is 9.53 Å². The van der Waals surface area contributed by atoms with E-state index in [0.717, 1.165) is 0 Å². The predicted molar refractivity (Wildman–Crippen MR) is 80.6 cm³/mol. The molecule has 0 saturated carbocycles. The summed E-state index contributed by atoms with van der Waals surface area (Å²) in [6.07, 6.45) is 7.59. The van der Waals surface area contributed by atoms with Gasteiger partial charge in [0, 0.05) is 10.5 Å². The highest BCUT2D eigenvalue weighted by atomic mass is 79.9. The summed E-state index contributed by atoms with van der Waals surface area (Å²) in [6.45, 7) is -0.0866. The lowest BCUT2D eigenvalue weighted by atomic mass is 10.1. The van der Waals surface area contributed by atoms with Crippen LogP contribution in [-0.4, -0.2) is 12.6 Å². The fraction of sp³-hybridized carbons (Fsp3) is 0.0625. The first-order valence-corrected chi connectivity index (χ1v) is 6.73. The molecule has 0 aliphatic rings. The molecule has 0 aliphatic carbocycles. The van der Waals surface area contributed by atoms with Gasteiger partial charge in [-0.1, -0.05) is 21.9 Å². The van der Waals surface area contributed by atoms with Crippen molar-refractivity contribution in [2.75, 3.05) is 6.61 Å². The summed E-state index contributed by atoms with van der Waals surface area (Å²) in [4.78, 5) is 11.2. The van der Waals surface area contributed by atoms with E-state index < -0.39 is 11.8 Å². The molecule has 21 heavy (non-hydrogen) atoms. The molecule has 2 aromatic rings. The summed E-state index contributed by atoms with van der Waals surface area (Å²) in [6, 6.07) is 7.92. The van der Waals surface area contributed by atoms with E-state index in [1.807, 2.05) is 0 Å². The van der Waals surface area contributed by atoms with Crippen molar-refractivity contribution >= 4 is 28.0 Å². The van der Waals surface area contributed by atoms with Gasteiger partial charge in [-0.15, -0.1) is 6.42 Å². The molecule has 5 heteroatoms. The Morgan fingerprint density at radius 3 is 2.95 bits per heavy atom. The summed E-state index contributed by atoms with van der Waals surface area (Å²) in [5.74, 6) is 2.00. The van der Waals surface area contributed by atoms with E-state index in [1.165, 1.54) is 18.2 Å². The van der Waals surface area contributed by atoms with Gasteiger partial charge in [-0.25, -0.2) is 9.18 Å². The highest BCUT2D eigenvalue weighted by Crippen LogP contribution is 2.27. The van der Waals surface area contributed by atoms with Crippen LogP contribution >= 0.6 is 15.9 Å². The van der Waals surface area contributed by atoms with Crippen molar-refractivity contribution in [3.05, 3.63) is 52.5 Å². The van der Waals surface area contributed by atoms with Gasteiger partial charge >= 0.3 is 5.97 Å². The van der Waals surface area contributed by atoms with E-state index in [1.54, 1.807) is 24.3 Å². The van der Waals surface area contributed by atoms with Gasteiger partial charge in [0.25, 0.3) is 0 Å². The molecule has 0 saturated heterocycles. The Bertz CT molecular complexity index is 725. The van der Waals surface area contributed by atoms with Crippen LogP contribution in [0.3, 0.4) is 0 Å². The molecule has 0 bridgehead atoms. The molecular weight excluding hydrogens is 339 g/mol. The molecule has 1 aromatic carbocycles. The van der Waals surface area contributed by atoms with Crippen molar-refractivity contribution in [1.29, 1.82) is 0 Å². The Morgan fingerprint density at radius 1 is 1.43 bits per heavy atom. The average molecular weight is 349 g/mol. The quantitative estimate of drug-likeness (QED) is 0.475. The molecular formula is C16H10BrFO3. The Hall–Kier alpha value is -2.32. The van der Waals surface area contributed by atoms with E-state index in [4.69, 9.17) is 10.8 Å². The van der Waals surface area contributed by atoms with Crippen LogP contribution in [0, 0.1) is 18.2 Å². The number of ether oxygens (including phenoxy) is 1. The number of rotatable bonds is 4. The van der Waals surface area contributed by atoms with E-state index in [-0.39, 0.29) is 6.61 Å². The normalized spacial score (nSPS) is 10.5. The third-order valence-corrected chi connectivity index (χ3v) is 3.00. The Labute approximate surface area is 129 Å².